The number of thioether (sulfide) groups is 1. The van der Waals surface area contributed by atoms with Gasteiger partial charge in [-0.3, -0.25) is 4.79 Å². The second-order valence-corrected chi connectivity index (χ2v) is 8.01. The number of fused-ring (bicyclic) bond motifs is 4. The van der Waals surface area contributed by atoms with Crippen LogP contribution in [0.5, 0.6) is 0 Å². The van der Waals surface area contributed by atoms with E-state index in [1.165, 1.54) is 36.6 Å². The third-order valence-corrected chi connectivity index (χ3v) is 6.41. The highest BCUT2D eigenvalue weighted by Gasteiger charge is 2.51. The summed E-state index contributed by atoms with van der Waals surface area (Å²) in [5.74, 6) is 0.587. The van der Waals surface area contributed by atoms with Gasteiger partial charge in [-0.15, -0.1) is 6.58 Å². The Morgan fingerprint density at radius 1 is 1.21 bits per heavy atom. The number of aliphatic imine (C=N–C) groups is 2. The van der Waals surface area contributed by atoms with Crippen molar-refractivity contribution >= 4 is 28.5 Å². The molecule has 0 aromatic heterocycles. The Hall–Kier alpha value is -1.68. The topological polar surface area (TPSA) is 41.8 Å². The first-order valence-corrected chi connectivity index (χ1v) is 9.75. The number of carbonyl (C=O) groups is 1. The van der Waals surface area contributed by atoms with E-state index in [-0.39, 0.29) is 17.2 Å². The molecular weight excluding hydrogens is 316 g/mol. The van der Waals surface area contributed by atoms with Gasteiger partial charge in [-0.05, 0) is 30.2 Å². The summed E-state index contributed by atoms with van der Waals surface area (Å²) in [5, 5.41) is 0.591. The summed E-state index contributed by atoms with van der Waals surface area (Å²) >= 11 is 1.49. The van der Waals surface area contributed by atoms with Crippen LogP contribution in [-0.4, -0.2) is 22.5 Å². The van der Waals surface area contributed by atoms with E-state index in [0.717, 1.165) is 36.3 Å². The summed E-state index contributed by atoms with van der Waals surface area (Å²) < 4.78 is 0. The SMILES string of the molecule is C=CCSC1=NC(=O)C2C(=N1)c1ccccc1CC21CCCCC1. The first-order chi connectivity index (χ1) is 11.7. The number of hydrogen-bond acceptors (Lipinski definition) is 3. The van der Waals surface area contributed by atoms with Crippen molar-refractivity contribution in [2.45, 2.75) is 38.5 Å². The lowest BCUT2D eigenvalue weighted by atomic mass is 9.57. The van der Waals surface area contributed by atoms with E-state index in [2.05, 4.69) is 29.8 Å². The van der Waals surface area contributed by atoms with Gasteiger partial charge in [-0.1, -0.05) is 61.4 Å². The molecule has 1 unspecified atom stereocenters. The van der Waals surface area contributed by atoms with E-state index in [1.54, 1.807) is 0 Å². The molecule has 0 N–H and O–H groups in total. The highest BCUT2D eigenvalue weighted by atomic mass is 32.2. The molecular formula is C20H22N2OS. The van der Waals surface area contributed by atoms with Crippen molar-refractivity contribution in [3.8, 4) is 0 Å². The van der Waals surface area contributed by atoms with Crippen molar-refractivity contribution in [2.24, 2.45) is 21.3 Å². The second-order valence-electron chi connectivity index (χ2n) is 7.02. The van der Waals surface area contributed by atoms with Crippen LogP contribution in [-0.2, 0) is 11.2 Å². The molecule has 4 heteroatoms. The maximum atomic E-state index is 13.0. The number of benzene rings is 1. The van der Waals surface area contributed by atoms with E-state index >= 15 is 0 Å². The summed E-state index contributed by atoms with van der Waals surface area (Å²) in [7, 11) is 0. The van der Waals surface area contributed by atoms with Crippen LogP contribution in [0.4, 0.5) is 0 Å². The largest absolute Gasteiger partial charge is 0.272 e. The molecule has 0 radical (unpaired) electrons. The number of hydrogen-bond donors (Lipinski definition) is 0. The van der Waals surface area contributed by atoms with Gasteiger partial charge in [0.05, 0.1) is 11.6 Å². The summed E-state index contributed by atoms with van der Waals surface area (Å²) in [4.78, 5) is 22.2. The molecule has 124 valence electrons. The third kappa shape index (κ3) is 2.57. The van der Waals surface area contributed by atoms with Crippen LogP contribution < -0.4 is 0 Å². The van der Waals surface area contributed by atoms with Crippen molar-refractivity contribution in [3.63, 3.8) is 0 Å². The van der Waals surface area contributed by atoms with Gasteiger partial charge in [0.15, 0.2) is 5.17 Å². The second kappa shape index (κ2) is 6.32. The summed E-state index contributed by atoms with van der Waals surface area (Å²) in [6.45, 7) is 3.74. The summed E-state index contributed by atoms with van der Waals surface area (Å²) in [5.41, 5.74) is 3.49. The lowest BCUT2D eigenvalue weighted by Gasteiger charge is -2.47. The fourth-order valence-electron chi connectivity index (χ4n) is 4.56. The molecule has 1 spiro atoms. The Labute approximate surface area is 147 Å². The van der Waals surface area contributed by atoms with Crippen molar-refractivity contribution < 1.29 is 4.79 Å². The van der Waals surface area contributed by atoms with Gasteiger partial charge in [0.25, 0.3) is 5.91 Å². The maximum absolute atomic E-state index is 13.0. The molecule has 1 aliphatic heterocycles. The molecule has 1 amide bonds. The normalized spacial score (nSPS) is 24.7. The molecule has 1 heterocycles. The zero-order valence-electron chi connectivity index (χ0n) is 13.8. The lowest BCUT2D eigenvalue weighted by molar-refractivity contribution is -0.124. The summed E-state index contributed by atoms with van der Waals surface area (Å²) in [6.07, 6.45) is 8.73. The van der Waals surface area contributed by atoms with Crippen LogP contribution in [0.3, 0.4) is 0 Å². The van der Waals surface area contributed by atoms with Gasteiger partial charge < -0.3 is 0 Å². The number of rotatable bonds is 2. The average Bonchev–Trinajstić information content (AvgIpc) is 2.60. The molecule has 1 fully saturated rings. The Balaban J connectivity index is 1.82. The van der Waals surface area contributed by atoms with E-state index in [1.807, 2.05) is 12.1 Å². The van der Waals surface area contributed by atoms with Crippen LogP contribution >= 0.6 is 11.8 Å². The molecule has 0 saturated heterocycles. The number of amides is 1. The van der Waals surface area contributed by atoms with E-state index < -0.39 is 0 Å². The third-order valence-electron chi connectivity index (χ3n) is 5.57. The van der Waals surface area contributed by atoms with E-state index in [4.69, 9.17) is 4.99 Å². The zero-order chi connectivity index (χ0) is 16.6. The highest BCUT2D eigenvalue weighted by Crippen LogP contribution is 2.51. The lowest BCUT2D eigenvalue weighted by Crippen LogP contribution is -2.49. The smallest absolute Gasteiger partial charge is 0.257 e. The fourth-order valence-corrected chi connectivity index (χ4v) is 5.15. The Morgan fingerprint density at radius 2 is 2.00 bits per heavy atom. The van der Waals surface area contributed by atoms with Crippen molar-refractivity contribution in [1.82, 2.24) is 0 Å². The van der Waals surface area contributed by atoms with Crippen LogP contribution in [0.25, 0.3) is 0 Å². The molecule has 1 aromatic carbocycles. The molecule has 1 atom stereocenters. The van der Waals surface area contributed by atoms with Crippen LogP contribution in [0.15, 0.2) is 46.9 Å². The van der Waals surface area contributed by atoms with Crippen LogP contribution in [0.1, 0.15) is 43.2 Å². The monoisotopic (exact) mass is 338 g/mol. The van der Waals surface area contributed by atoms with Crippen molar-refractivity contribution in [3.05, 3.63) is 48.0 Å². The number of carbonyl (C=O) groups excluding carboxylic acids is 1. The molecule has 2 aliphatic carbocycles. The highest BCUT2D eigenvalue weighted by molar-refractivity contribution is 8.14. The minimum Gasteiger partial charge on any atom is -0.272 e. The number of nitrogens with zero attached hydrogens (tertiary/aromatic N) is 2. The van der Waals surface area contributed by atoms with Crippen molar-refractivity contribution in [2.75, 3.05) is 5.75 Å². The molecule has 4 rings (SSSR count). The van der Waals surface area contributed by atoms with Gasteiger partial charge in [-0.2, -0.15) is 4.99 Å². The fraction of sp³-hybridized carbons (Fsp3) is 0.450. The van der Waals surface area contributed by atoms with Crippen LogP contribution in [0, 0.1) is 11.3 Å². The zero-order valence-corrected chi connectivity index (χ0v) is 14.6. The molecule has 3 nitrogen and oxygen atoms in total. The molecule has 1 aromatic rings. The Kier molecular flexibility index (Phi) is 4.17. The molecule has 1 saturated carbocycles. The van der Waals surface area contributed by atoms with Gasteiger partial charge >= 0.3 is 0 Å². The van der Waals surface area contributed by atoms with Gasteiger partial charge in [-0.25, -0.2) is 4.99 Å². The molecule has 24 heavy (non-hydrogen) atoms. The minimum absolute atomic E-state index is 0.0166. The summed E-state index contributed by atoms with van der Waals surface area (Å²) in [6, 6.07) is 8.47. The minimum atomic E-state index is -0.152. The molecule has 3 aliphatic rings. The van der Waals surface area contributed by atoms with E-state index in [0.29, 0.717) is 5.17 Å². The molecule has 0 bridgehead atoms. The average molecular weight is 338 g/mol. The number of amidine groups is 1. The predicted molar refractivity (Wildman–Crippen MR) is 101 cm³/mol. The Morgan fingerprint density at radius 3 is 2.79 bits per heavy atom. The van der Waals surface area contributed by atoms with Gasteiger partial charge in [0.2, 0.25) is 0 Å². The van der Waals surface area contributed by atoms with E-state index in [9.17, 15) is 4.79 Å². The van der Waals surface area contributed by atoms with Crippen molar-refractivity contribution in [1.29, 1.82) is 0 Å². The first-order valence-electron chi connectivity index (χ1n) is 8.77. The Bertz CT molecular complexity index is 744. The standard InChI is InChI=1S/C20H22N2OS/c1-2-12-24-19-21-17-15-9-5-4-8-14(15)13-20(10-6-3-7-11-20)16(17)18(23)22-19/h2,4-5,8-9,16H,1,3,6-7,10-13H2. The predicted octanol–water partition coefficient (Wildman–Crippen LogP) is 4.41. The van der Waals surface area contributed by atoms with Crippen LogP contribution in [0.2, 0.25) is 0 Å². The van der Waals surface area contributed by atoms with Gasteiger partial charge in [0.1, 0.15) is 0 Å². The van der Waals surface area contributed by atoms with Gasteiger partial charge in [0, 0.05) is 11.3 Å². The maximum Gasteiger partial charge on any atom is 0.257 e. The quantitative estimate of drug-likeness (QED) is 0.749. The first kappa shape index (κ1) is 15.8.